The highest BCUT2D eigenvalue weighted by molar-refractivity contribution is 6.30. The first-order valence-corrected chi connectivity index (χ1v) is 11.3. The summed E-state index contributed by atoms with van der Waals surface area (Å²) in [6, 6.07) is 18.3. The van der Waals surface area contributed by atoms with Gasteiger partial charge in [-0.1, -0.05) is 23.7 Å². The van der Waals surface area contributed by atoms with E-state index in [0.717, 1.165) is 25.1 Å². The van der Waals surface area contributed by atoms with Crippen molar-refractivity contribution < 1.29 is 4.79 Å². The normalized spacial score (nSPS) is 16.7. The Morgan fingerprint density at radius 2 is 1.87 bits per heavy atom. The lowest BCUT2D eigenvalue weighted by Gasteiger charge is -2.53. The molecule has 0 saturated carbocycles. The molecule has 5 nitrogen and oxygen atoms in total. The average molecular weight is 435 g/mol. The lowest BCUT2D eigenvalue weighted by atomic mass is 9.80. The Kier molecular flexibility index (Phi) is 4.94. The molecule has 1 aromatic heterocycles. The number of carbonyl (C=O) groups excluding carboxylic acids is 1. The summed E-state index contributed by atoms with van der Waals surface area (Å²) in [7, 11) is 0. The van der Waals surface area contributed by atoms with Crippen LogP contribution in [0.15, 0.2) is 60.8 Å². The number of aromatic nitrogens is 1. The van der Waals surface area contributed by atoms with E-state index in [1.807, 2.05) is 17.0 Å². The summed E-state index contributed by atoms with van der Waals surface area (Å²) in [6.07, 6.45) is 3.94. The van der Waals surface area contributed by atoms with Crippen LogP contribution in [0.2, 0.25) is 5.02 Å². The Hall–Kier alpha value is -2.92. The highest BCUT2D eigenvalue weighted by Crippen LogP contribution is 2.48. The number of fused-ring (bicyclic) bond motifs is 4. The summed E-state index contributed by atoms with van der Waals surface area (Å²) in [5.41, 5.74) is 5.72. The highest BCUT2D eigenvalue weighted by Gasteiger charge is 2.46. The van der Waals surface area contributed by atoms with Crippen molar-refractivity contribution in [1.29, 1.82) is 0 Å². The molecule has 2 aliphatic rings. The van der Waals surface area contributed by atoms with Gasteiger partial charge in [0.15, 0.2) is 0 Å². The fourth-order valence-electron chi connectivity index (χ4n) is 5.24. The van der Waals surface area contributed by atoms with Crippen LogP contribution in [0.5, 0.6) is 0 Å². The number of likely N-dealkylation sites (tertiary alicyclic amines) is 1. The number of aryl methyl sites for hydroxylation is 1. The Morgan fingerprint density at radius 3 is 2.61 bits per heavy atom. The van der Waals surface area contributed by atoms with Crippen molar-refractivity contribution in [2.45, 2.75) is 32.2 Å². The van der Waals surface area contributed by atoms with E-state index in [0.29, 0.717) is 18.1 Å². The minimum atomic E-state index is -0.105. The van der Waals surface area contributed by atoms with Gasteiger partial charge in [-0.15, -0.1) is 0 Å². The molecule has 0 bridgehead atoms. The van der Waals surface area contributed by atoms with E-state index >= 15 is 0 Å². The number of hydrogen-bond acceptors (Lipinski definition) is 2. The van der Waals surface area contributed by atoms with Crippen LogP contribution in [0.25, 0.3) is 5.69 Å². The maximum absolute atomic E-state index is 12.9. The van der Waals surface area contributed by atoms with Gasteiger partial charge in [-0.2, -0.15) is 0 Å². The quantitative estimate of drug-likeness (QED) is 0.553. The molecule has 160 valence electrons. The van der Waals surface area contributed by atoms with Crippen LogP contribution in [-0.4, -0.2) is 35.1 Å². The van der Waals surface area contributed by atoms with Crippen molar-refractivity contribution in [2.75, 3.05) is 29.9 Å². The molecule has 31 heavy (non-hydrogen) atoms. The fraction of sp³-hybridized carbons (Fsp3) is 0.320. The van der Waals surface area contributed by atoms with Gasteiger partial charge in [-0.05, 0) is 74.7 Å². The number of piperidine rings is 1. The van der Waals surface area contributed by atoms with Crippen molar-refractivity contribution in [1.82, 2.24) is 9.47 Å². The Bertz CT molecular complexity index is 1130. The molecule has 0 atom stereocenters. The fourth-order valence-corrected chi connectivity index (χ4v) is 5.43. The number of nitrogens with zero attached hydrogens (tertiary/aromatic N) is 3. The molecular weight excluding hydrogens is 408 g/mol. The van der Waals surface area contributed by atoms with E-state index in [1.165, 1.54) is 22.6 Å². The second-order valence-corrected chi connectivity index (χ2v) is 8.90. The number of amides is 2. The van der Waals surface area contributed by atoms with Crippen molar-refractivity contribution in [3.05, 3.63) is 77.1 Å². The number of halogens is 1. The summed E-state index contributed by atoms with van der Waals surface area (Å²) < 4.78 is 2.34. The van der Waals surface area contributed by atoms with Crippen molar-refractivity contribution >= 4 is 29.0 Å². The topological polar surface area (TPSA) is 40.5 Å². The van der Waals surface area contributed by atoms with Gasteiger partial charge < -0.3 is 19.7 Å². The van der Waals surface area contributed by atoms with E-state index in [2.05, 4.69) is 65.2 Å². The van der Waals surface area contributed by atoms with Crippen molar-refractivity contribution in [2.24, 2.45) is 0 Å². The van der Waals surface area contributed by atoms with Crippen LogP contribution in [0.4, 0.5) is 16.2 Å². The van der Waals surface area contributed by atoms with E-state index in [1.54, 1.807) is 12.1 Å². The zero-order valence-corrected chi connectivity index (χ0v) is 18.7. The number of nitrogens with one attached hydrogen (secondary N) is 1. The summed E-state index contributed by atoms with van der Waals surface area (Å²) in [5, 5.41) is 3.61. The van der Waals surface area contributed by atoms with Gasteiger partial charge in [-0.3, -0.25) is 0 Å². The van der Waals surface area contributed by atoms with Gasteiger partial charge >= 0.3 is 6.03 Å². The number of benzene rings is 2. The summed E-state index contributed by atoms with van der Waals surface area (Å²) in [4.78, 5) is 17.4. The van der Waals surface area contributed by atoms with Crippen LogP contribution in [0, 0.1) is 6.92 Å². The standard InChI is InChI=1S/C25H27ClN4O/c1-3-30-22-16-18(2)9-10-21(22)29-13-5-8-23(29)25(30)11-14-28(15-12-25)24(31)27-20-7-4-6-19(26)17-20/h4-10,13,16-17H,3,11-12,14-15H2,1-2H3,(H,27,31). The smallest absolute Gasteiger partial charge is 0.321 e. The van der Waals surface area contributed by atoms with E-state index in [4.69, 9.17) is 11.6 Å². The third-order valence-electron chi connectivity index (χ3n) is 6.69. The molecule has 5 rings (SSSR count). The monoisotopic (exact) mass is 434 g/mol. The predicted molar refractivity (Wildman–Crippen MR) is 126 cm³/mol. The largest absolute Gasteiger partial charge is 0.359 e. The van der Waals surface area contributed by atoms with Crippen molar-refractivity contribution in [3.63, 3.8) is 0 Å². The SMILES string of the molecule is CCN1c2cc(C)ccc2-n2cccc2C12CCN(C(=O)Nc1cccc(Cl)c1)CC2. The summed E-state index contributed by atoms with van der Waals surface area (Å²) >= 11 is 6.06. The average Bonchev–Trinajstić information content (AvgIpc) is 3.25. The molecule has 1 spiro atoms. The zero-order chi connectivity index (χ0) is 21.6. The van der Waals surface area contributed by atoms with Crippen LogP contribution < -0.4 is 10.2 Å². The number of urea groups is 1. The van der Waals surface area contributed by atoms with Crippen LogP contribution >= 0.6 is 11.6 Å². The van der Waals surface area contributed by atoms with Crippen LogP contribution in [0.1, 0.15) is 31.0 Å². The van der Waals surface area contributed by atoms with E-state index in [-0.39, 0.29) is 11.6 Å². The number of hydrogen-bond donors (Lipinski definition) is 1. The van der Waals surface area contributed by atoms with Gasteiger partial charge in [0.2, 0.25) is 0 Å². The van der Waals surface area contributed by atoms with Crippen LogP contribution in [-0.2, 0) is 5.54 Å². The second-order valence-electron chi connectivity index (χ2n) is 8.46. The van der Waals surface area contributed by atoms with Crippen molar-refractivity contribution in [3.8, 4) is 5.69 Å². The van der Waals surface area contributed by atoms with E-state index in [9.17, 15) is 4.79 Å². The maximum Gasteiger partial charge on any atom is 0.321 e. The minimum Gasteiger partial charge on any atom is -0.359 e. The third-order valence-corrected chi connectivity index (χ3v) is 6.93. The molecule has 2 aromatic carbocycles. The molecular formula is C25H27ClN4O. The first-order chi connectivity index (χ1) is 15.0. The van der Waals surface area contributed by atoms with Gasteiger partial charge in [-0.25, -0.2) is 4.79 Å². The Labute approximate surface area is 188 Å². The lowest BCUT2D eigenvalue weighted by Crippen LogP contribution is -2.57. The van der Waals surface area contributed by atoms with Gasteiger partial charge in [0, 0.05) is 42.2 Å². The molecule has 1 saturated heterocycles. The van der Waals surface area contributed by atoms with Crippen LogP contribution in [0.3, 0.4) is 0 Å². The zero-order valence-electron chi connectivity index (χ0n) is 17.9. The number of rotatable bonds is 2. The summed E-state index contributed by atoms with van der Waals surface area (Å²) in [5.74, 6) is 0. The molecule has 0 unspecified atom stereocenters. The molecule has 6 heteroatoms. The van der Waals surface area contributed by atoms with Gasteiger partial charge in [0.1, 0.15) is 0 Å². The molecule has 0 aliphatic carbocycles. The molecule has 1 fully saturated rings. The number of anilines is 2. The highest BCUT2D eigenvalue weighted by atomic mass is 35.5. The Balaban J connectivity index is 1.42. The Morgan fingerprint density at radius 1 is 1.06 bits per heavy atom. The molecule has 0 radical (unpaired) electrons. The molecule has 1 N–H and O–H groups in total. The first kappa shape index (κ1) is 20.0. The summed E-state index contributed by atoms with van der Waals surface area (Å²) in [6.45, 7) is 6.71. The minimum absolute atomic E-state index is 0.0670. The second kappa shape index (κ2) is 7.65. The first-order valence-electron chi connectivity index (χ1n) is 10.9. The third kappa shape index (κ3) is 3.28. The maximum atomic E-state index is 12.9. The van der Waals surface area contributed by atoms with Gasteiger partial charge in [0.05, 0.1) is 16.9 Å². The molecule has 3 heterocycles. The number of carbonyl (C=O) groups is 1. The van der Waals surface area contributed by atoms with E-state index < -0.39 is 0 Å². The molecule has 3 aromatic rings. The molecule has 2 amide bonds. The molecule has 2 aliphatic heterocycles. The van der Waals surface area contributed by atoms with Gasteiger partial charge in [0.25, 0.3) is 0 Å². The predicted octanol–water partition coefficient (Wildman–Crippen LogP) is 5.80. The lowest BCUT2D eigenvalue weighted by molar-refractivity contribution is 0.161.